The molecule has 2 aliphatic heterocycles. The van der Waals surface area contributed by atoms with Crippen molar-refractivity contribution in [3.8, 4) is 17.2 Å². The van der Waals surface area contributed by atoms with E-state index in [1.165, 1.54) is 4.57 Å². The molecule has 0 unspecified atom stereocenters. The largest absolute Gasteiger partial charge is 0.501 e. The fourth-order valence-electron chi connectivity index (χ4n) is 2.98. The van der Waals surface area contributed by atoms with Crippen LogP contribution in [0.4, 0.5) is 0 Å². The fraction of sp³-hybridized carbons (Fsp3) is 0.278. The van der Waals surface area contributed by atoms with Crippen LogP contribution in [0.25, 0.3) is 5.76 Å². The number of fused-ring (bicyclic) bond motifs is 2. The van der Waals surface area contributed by atoms with E-state index in [4.69, 9.17) is 14.2 Å². The maximum atomic E-state index is 12.5. The Labute approximate surface area is 153 Å². The molecule has 2 aromatic rings. The average molecular weight is 371 g/mol. The van der Waals surface area contributed by atoms with Gasteiger partial charge in [0.2, 0.25) is 5.75 Å². The monoisotopic (exact) mass is 371 g/mol. The minimum atomic E-state index is -0.708. The van der Waals surface area contributed by atoms with Crippen molar-refractivity contribution in [1.29, 1.82) is 0 Å². The summed E-state index contributed by atoms with van der Waals surface area (Å²) in [5.41, 5.74) is -0.370. The number of amides is 1. The van der Waals surface area contributed by atoms with Gasteiger partial charge in [0.05, 0.1) is 6.54 Å². The Morgan fingerprint density at radius 1 is 1.26 bits per heavy atom. The molecule has 9 nitrogen and oxygen atoms in total. The molecule has 0 spiro atoms. The van der Waals surface area contributed by atoms with E-state index in [1.807, 2.05) is 0 Å². The Morgan fingerprint density at radius 3 is 2.93 bits per heavy atom. The first kappa shape index (κ1) is 17.0. The van der Waals surface area contributed by atoms with E-state index in [9.17, 15) is 14.7 Å². The molecule has 0 radical (unpaired) electrons. The molecule has 3 heterocycles. The number of nitrogens with one attached hydrogen (secondary N) is 1. The van der Waals surface area contributed by atoms with E-state index in [0.717, 1.165) is 0 Å². The van der Waals surface area contributed by atoms with Crippen LogP contribution in [0, 0.1) is 0 Å². The third-order valence-electron chi connectivity index (χ3n) is 4.29. The molecule has 0 saturated carbocycles. The van der Waals surface area contributed by atoms with Crippen LogP contribution >= 0.6 is 0 Å². The first-order valence-corrected chi connectivity index (χ1v) is 8.38. The van der Waals surface area contributed by atoms with Gasteiger partial charge in [0.15, 0.2) is 28.8 Å². The van der Waals surface area contributed by atoms with Gasteiger partial charge in [0, 0.05) is 12.1 Å². The number of aromatic hydroxyl groups is 1. The lowest BCUT2D eigenvalue weighted by Crippen LogP contribution is -2.34. The van der Waals surface area contributed by atoms with E-state index in [0.29, 0.717) is 30.3 Å². The first-order chi connectivity index (χ1) is 13.1. The number of carbonyl (C=O) groups excluding carboxylic acids is 1. The molecule has 0 bridgehead atoms. The summed E-state index contributed by atoms with van der Waals surface area (Å²) in [6.45, 7) is 5.15. The number of aromatic nitrogens is 2. The van der Waals surface area contributed by atoms with Crippen LogP contribution in [-0.4, -0.2) is 40.4 Å². The van der Waals surface area contributed by atoms with Crippen molar-refractivity contribution in [1.82, 2.24) is 14.9 Å². The van der Waals surface area contributed by atoms with Crippen LogP contribution in [0.2, 0.25) is 0 Å². The number of hydrogen-bond acceptors (Lipinski definition) is 7. The third kappa shape index (κ3) is 2.97. The highest BCUT2D eigenvalue weighted by atomic mass is 16.6. The minimum absolute atomic E-state index is 0.113. The molecule has 1 amide bonds. The number of hydrogen-bond donors (Lipinski definition) is 2. The van der Waals surface area contributed by atoms with Crippen molar-refractivity contribution < 1.29 is 24.1 Å². The second-order valence-corrected chi connectivity index (χ2v) is 5.99. The zero-order valence-electron chi connectivity index (χ0n) is 14.4. The summed E-state index contributed by atoms with van der Waals surface area (Å²) >= 11 is 0. The molecule has 0 aliphatic carbocycles. The quantitative estimate of drug-likeness (QED) is 0.815. The number of para-hydroxylation sites is 1. The zero-order valence-corrected chi connectivity index (χ0v) is 14.4. The summed E-state index contributed by atoms with van der Waals surface area (Å²) in [5.74, 6) is 0.0717. The molecule has 0 saturated heterocycles. The SMILES string of the molecule is C=C1OCCn2c1nc(C(=O)NCc1cccc3c1OCCO3)c(O)c2=O. The lowest BCUT2D eigenvalue weighted by Gasteiger charge is -2.22. The molecular weight excluding hydrogens is 354 g/mol. The Bertz CT molecular complexity index is 997. The lowest BCUT2D eigenvalue weighted by molar-refractivity contribution is 0.0940. The topological polar surface area (TPSA) is 112 Å². The molecule has 140 valence electrons. The zero-order chi connectivity index (χ0) is 19.0. The van der Waals surface area contributed by atoms with Crippen molar-refractivity contribution >= 4 is 11.7 Å². The smallest absolute Gasteiger partial charge is 0.297 e. The molecule has 4 rings (SSSR count). The standard InChI is InChI=1S/C18H17N3O6/c1-10-16-20-13(14(22)18(24)21(16)5-6-25-10)17(23)19-9-11-3-2-4-12-15(11)27-8-7-26-12/h2-4,22H,1,5-9H2,(H,19,23). The summed E-state index contributed by atoms with van der Waals surface area (Å²) in [5, 5.41) is 12.8. The average Bonchev–Trinajstić information content (AvgIpc) is 2.69. The highest BCUT2D eigenvalue weighted by Gasteiger charge is 2.25. The van der Waals surface area contributed by atoms with Crippen molar-refractivity contribution in [3.63, 3.8) is 0 Å². The summed E-state index contributed by atoms with van der Waals surface area (Å²) in [7, 11) is 0. The molecule has 9 heteroatoms. The number of carbonyl (C=O) groups is 1. The predicted molar refractivity (Wildman–Crippen MR) is 93.8 cm³/mol. The lowest BCUT2D eigenvalue weighted by atomic mass is 10.1. The molecule has 2 aliphatic rings. The van der Waals surface area contributed by atoms with Crippen LogP contribution in [0.5, 0.6) is 17.2 Å². The van der Waals surface area contributed by atoms with Crippen LogP contribution < -0.4 is 20.3 Å². The maximum absolute atomic E-state index is 12.5. The van der Waals surface area contributed by atoms with E-state index in [1.54, 1.807) is 18.2 Å². The van der Waals surface area contributed by atoms with Gasteiger partial charge in [0.25, 0.3) is 11.5 Å². The second kappa shape index (κ2) is 6.67. The Hall–Kier alpha value is -3.49. The van der Waals surface area contributed by atoms with Gasteiger partial charge in [-0.2, -0.15) is 0 Å². The van der Waals surface area contributed by atoms with E-state index < -0.39 is 17.2 Å². The van der Waals surface area contributed by atoms with Gasteiger partial charge in [0.1, 0.15) is 19.8 Å². The van der Waals surface area contributed by atoms with Gasteiger partial charge < -0.3 is 24.6 Å². The van der Waals surface area contributed by atoms with Crippen molar-refractivity contribution in [2.75, 3.05) is 19.8 Å². The minimum Gasteiger partial charge on any atom is -0.501 e. The number of ether oxygens (including phenoxy) is 3. The van der Waals surface area contributed by atoms with Gasteiger partial charge in [-0.05, 0) is 6.07 Å². The van der Waals surface area contributed by atoms with Gasteiger partial charge in [-0.3, -0.25) is 14.2 Å². The normalized spacial score (nSPS) is 14.9. The molecule has 1 aromatic heterocycles. The molecule has 2 N–H and O–H groups in total. The van der Waals surface area contributed by atoms with Crippen LogP contribution in [-0.2, 0) is 17.8 Å². The number of nitrogens with zero attached hydrogens (tertiary/aromatic N) is 2. The highest BCUT2D eigenvalue weighted by molar-refractivity contribution is 5.95. The number of benzene rings is 1. The summed E-state index contributed by atoms with van der Waals surface area (Å²) < 4.78 is 17.6. The summed E-state index contributed by atoms with van der Waals surface area (Å²) in [4.78, 5) is 28.9. The van der Waals surface area contributed by atoms with E-state index in [-0.39, 0.29) is 37.0 Å². The van der Waals surface area contributed by atoms with Gasteiger partial charge in [-0.15, -0.1) is 0 Å². The Balaban J connectivity index is 1.59. The second-order valence-electron chi connectivity index (χ2n) is 5.99. The van der Waals surface area contributed by atoms with Crippen LogP contribution in [0.15, 0.2) is 29.6 Å². The van der Waals surface area contributed by atoms with E-state index in [2.05, 4.69) is 16.9 Å². The summed E-state index contributed by atoms with van der Waals surface area (Å²) in [6, 6.07) is 5.36. The van der Waals surface area contributed by atoms with Gasteiger partial charge in [-0.1, -0.05) is 18.7 Å². The number of rotatable bonds is 3. The molecule has 0 atom stereocenters. The van der Waals surface area contributed by atoms with Gasteiger partial charge in [-0.25, -0.2) is 4.98 Å². The van der Waals surface area contributed by atoms with Crippen LogP contribution in [0.1, 0.15) is 21.9 Å². The summed E-state index contributed by atoms with van der Waals surface area (Å²) in [6.07, 6.45) is 0. The van der Waals surface area contributed by atoms with Crippen LogP contribution in [0.3, 0.4) is 0 Å². The maximum Gasteiger partial charge on any atom is 0.297 e. The molecule has 0 fully saturated rings. The van der Waals surface area contributed by atoms with E-state index >= 15 is 0 Å². The van der Waals surface area contributed by atoms with Crippen molar-refractivity contribution in [3.05, 3.63) is 52.2 Å². The predicted octanol–water partition coefficient (Wildman–Crippen LogP) is 0.651. The molecule has 1 aromatic carbocycles. The Kier molecular flexibility index (Phi) is 4.19. The van der Waals surface area contributed by atoms with Crippen molar-refractivity contribution in [2.24, 2.45) is 0 Å². The van der Waals surface area contributed by atoms with Gasteiger partial charge >= 0.3 is 0 Å². The highest BCUT2D eigenvalue weighted by Crippen LogP contribution is 2.33. The first-order valence-electron chi connectivity index (χ1n) is 8.38. The Morgan fingerprint density at radius 2 is 2.07 bits per heavy atom. The molecular formula is C18H17N3O6. The molecule has 27 heavy (non-hydrogen) atoms. The van der Waals surface area contributed by atoms with Crippen molar-refractivity contribution in [2.45, 2.75) is 13.1 Å². The third-order valence-corrected chi connectivity index (χ3v) is 4.29. The fourth-order valence-corrected chi connectivity index (χ4v) is 2.98.